The molecule has 0 radical (unpaired) electrons. The van der Waals surface area contributed by atoms with Gasteiger partial charge < -0.3 is 15.3 Å². The summed E-state index contributed by atoms with van der Waals surface area (Å²) in [5.41, 5.74) is 0. The number of nitrogens with zero attached hydrogens (tertiary/aromatic N) is 1. The second-order valence-corrected chi connectivity index (χ2v) is 4.69. The topological polar surface area (TPSA) is 69.6 Å². The predicted octanol–water partition coefficient (Wildman–Crippen LogP) is 1.83. The first-order valence-corrected chi connectivity index (χ1v) is 6.06. The first-order chi connectivity index (χ1) is 8.72. The lowest BCUT2D eigenvalue weighted by atomic mass is 9.91. The van der Waals surface area contributed by atoms with Crippen molar-refractivity contribution in [2.45, 2.75) is 38.4 Å². The molecule has 0 aromatic carbocycles. The van der Waals surface area contributed by atoms with E-state index >= 15 is 0 Å². The van der Waals surface area contributed by atoms with Crippen molar-refractivity contribution in [2.24, 2.45) is 5.92 Å². The number of halogens is 3. The van der Waals surface area contributed by atoms with Crippen LogP contribution in [0.15, 0.2) is 0 Å². The van der Waals surface area contributed by atoms with Crippen molar-refractivity contribution >= 4 is 12.0 Å². The molecule has 110 valence electrons. The smallest absolute Gasteiger partial charge is 0.390 e. The summed E-state index contributed by atoms with van der Waals surface area (Å²) in [6, 6.07) is -1.72. The molecule has 2 unspecified atom stereocenters. The van der Waals surface area contributed by atoms with E-state index in [0.29, 0.717) is 12.8 Å². The van der Waals surface area contributed by atoms with Gasteiger partial charge in [-0.15, -0.1) is 0 Å². The van der Waals surface area contributed by atoms with Crippen molar-refractivity contribution in [2.75, 3.05) is 13.1 Å². The average Bonchev–Trinajstić information content (AvgIpc) is 2.26. The lowest BCUT2D eigenvalue weighted by Crippen LogP contribution is -2.55. The third kappa shape index (κ3) is 4.60. The van der Waals surface area contributed by atoms with E-state index in [1.165, 1.54) is 0 Å². The number of rotatable bonds is 3. The van der Waals surface area contributed by atoms with Crippen LogP contribution in [0.25, 0.3) is 0 Å². The van der Waals surface area contributed by atoms with Crippen LogP contribution in [-0.4, -0.2) is 47.3 Å². The monoisotopic (exact) mass is 282 g/mol. The molecule has 0 saturated carbocycles. The van der Waals surface area contributed by atoms with Gasteiger partial charge in [0.15, 0.2) is 0 Å². The van der Waals surface area contributed by atoms with Gasteiger partial charge in [0, 0.05) is 13.1 Å². The molecule has 5 nitrogen and oxygen atoms in total. The minimum absolute atomic E-state index is 0.209. The van der Waals surface area contributed by atoms with Gasteiger partial charge in [0.25, 0.3) is 0 Å². The van der Waals surface area contributed by atoms with Crippen LogP contribution in [-0.2, 0) is 4.79 Å². The second kappa shape index (κ2) is 6.12. The zero-order valence-corrected chi connectivity index (χ0v) is 10.5. The van der Waals surface area contributed by atoms with E-state index in [2.05, 4.69) is 5.32 Å². The van der Waals surface area contributed by atoms with Crippen molar-refractivity contribution < 1.29 is 27.9 Å². The van der Waals surface area contributed by atoms with Gasteiger partial charge in [0.1, 0.15) is 6.04 Å². The molecule has 19 heavy (non-hydrogen) atoms. The summed E-state index contributed by atoms with van der Waals surface area (Å²) >= 11 is 0. The molecular weight excluding hydrogens is 265 g/mol. The van der Waals surface area contributed by atoms with E-state index < -0.39 is 37.2 Å². The molecule has 8 heteroatoms. The van der Waals surface area contributed by atoms with Crippen LogP contribution >= 0.6 is 0 Å². The molecule has 2 amide bonds. The Kier molecular flexibility index (Phi) is 5.02. The standard InChI is InChI=1S/C11H17F3N2O3/c1-7-3-2-6-16(8(7)9(17)18)10(19)15-5-4-11(12,13)14/h7-8H,2-6H2,1H3,(H,15,19)(H,17,18). The van der Waals surface area contributed by atoms with Gasteiger partial charge >= 0.3 is 18.2 Å². The summed E-state index contributed by atoms with van der Waals surface area (Å²) in [5, 5.41) is 11.2. The molecule has 2 N–H and O–H groups in total. The Morgan fingerprint density at radius 1 is 1.42 bits per heavy atom. The fraction of sp³-hybridized carbons (Fsp3) is 0.818. The minimum Gasteiger partial charge on any atom is -0.480 e. The van der Waals surface area contributed by atoms with Gasteiger partial charge in [-0.3, -0.25) is 0 Å². The fourth-order valence-corrected chi connectivity index (χ4v) is 2.21. The van der Waals surface area contributed by atoms with Crippen LogP contribution < -0.4 is 5.32 Å². The Hall–Kier alpha value is -1.47. The number of carboxylic acid groups (broad SMARTS) is 1. The van der Waals surface area contributed by atoms with Crippen LogP contribution in [0.1, 0.15) is 26.2 Å². The normalized spacial score (nSPS) is 24.1. The number of urea groups is 1. The fourth-order valence-electron chi connectivity index (χ4n) is 2.21. The van der Waals surface area contributed by atoms with Gasteiger partial charge in [-0.25, -0.2) is 9.59 Å². The third-order valence-corrected chi connectivity index (χ3v) is 3.13. The summed E-state index contributed by atoms with van der Waals surface area (Å²) < 4.78 is 35.9. The number of amides is 2. The van der Waals surface area contributed by atoms with Crippen LogP contribution in [0, 0.1) is 5.92 Å². The first-order valence-electron chi connectivity index (χ1n) is 6.06. The third-order valence-electron chi connectivity index (χ3n) is 3.13. The molecule has 1 heterocycles. The molecule has 1 aliphatic rings. The highest BCUT2D eigenvalue weighted by molar-refractivity contribution is 5.83. The Labute approximate surface area is 108 Å². The van der Waals surface area contributed by atoms with Gasteiger partial charge in [0.2, 0.25) is 0 Å². The number of carbonyl (C=O) groups is 2. The van der Waals surface area contributed by atoms with Crippen LogP contribution in [0.2, 0.25) is 0 Å². The molecule has 0 aromatic heterocycles. The van der Waals surface area contributed by atoms with E-state index in [9.17, 15) is 22.8 Å². The average molecular weight is 282 g/mol. The van der Waals surface area contributed by atoms with Gasteiger partial charge in [-0.2, -0.15) is 13.2 Å². The summed E-state index contributed by atoms with van der Waals surface area (Å²) in [5.74, 6) is -1.34. The maximum Gasteiger partial charge on any atom is 0.390 e. The van der Waals surface area contributed by atoms with Crippen LogP contribution in [0.3, 0.4) is 0 Å². The number of carbonyl (C=O) groups excluding carboxylic acids is 1. The molecular formula is C11H17F3N2O3. The Balaban J connectivity index is 2.56. The van der Waals surface area contributed by atoms with Crippen molar-refractivity contribution in [3.8, 4) is 0 Å². The number of likely N-dealkylation sites (tertiary alicyclic amines) is 1. The van der Waals surface area contributed by atoms with E-state index in [-0.39, 0.29) is 12.5 Å². The van der Waals surface area contributed by atoms with Gasteiger partial charge in [-0.05, 0) is 18.8 Å². The SMILES string of the molecule is CC1CCCN(C(=O)NCCC(F)(F)F)C1C(=O)O. The minimum atomic E-state index is -4.34. The number of hydrogen-bond acceptors (Lipinski definition) is 2. The lowest BCUT2D eigenvalue weighted by molar-refractivity contribution is -0.145. The predicted molar refractivity (Wildman–Crippen MR) is 60.6 cm³/mol. The number of aliphatic carboxylic acids is 1. The zero-order valence-electron chi connectivity index (χ0n) is 10.5. The van der Waals surface area contributed by atoms with Crippen molar-refractivity contribution in [3.63, 3.8) is 0 Å². The van der Waals surface area contributed by atoms with Crippen molar-refractivity contribution in [1.82, 2.24) is 10.2 Å². The van der Waals surface area contributed by atoms with Gasteiger partial charge in [-0.1, -0.05) is 6.92 Å². The molecule has 1 saturated heterocycles. The second-order valence-electron chi connectivity index (χ2n) is 4.69. The summed E-state index contributed by atoms with van der Waals surface area (Å²) in [7, 11) is 0. The highest BCUT2D eigenvalue weighted by Crippen LogP contribution is 2.24. The Morgan fingerprint density at radius 2 is 2.05 bits per heavy atom. The molecule has 0 aromatic rings. The summed E-state index contributed by atoms with van der Waals surface area (Å²) in [6.45, 7) is 1.42. The van der Waals surface area contributed by atoms with Crippen molar-refractivity contribution in [1.29, 1.82) is 0 Å². The van der Waals surface area contributed by atoms with E-state index in [0.717, 1.165) is 4.90 Å². The summed E-state index contributed by atoms with van der Waals surface area (Å²) in [6.07, 6.45) is -4.13. The van der Waals surface area contributed by atoms with Crippen LogP contribution in [0.5, 0.6) is 0 Å². The van der Waals surface area contributed by atoms with Crippen molar-refractivity contribution in [3.05, 3.63) is 0 Å². The zero-order chi connectivity index (χ0) is 14.6. The molecule has 2 atom stereocenters. The number of alkyl halides is 3. The molecule has 0 bridgehead atoms. The maximum atomic E-state index is 12.0. The first kappa shape index (κ1) is 15.6. The molecule has 1 fully saturated rings. The number of piperidine rings is 1. The van der Waals surface area contributed by atoms with E-state index in [4.69, 9.17) is 5.11 Å². The van der Waals surface area contributed by atoms with E-state index in [1.54, 1.807) is 6.92 Å². The number of carboxylic acids is 1. The lowest BCUT2D eigenvalue weighted by Gasteiger charge is -2.37. The summed E-state index contributed by atoms with van der Waals surface area (Å²) in [4.78, 5) is 23.9. The Bertz CT molecular complexity index is 347. The van der Waals surface area contributed by atoms with E-state index in [1.807, 2.05) is 0 Å². The quantitative estimate of drug-likeness (QED) is 0.829. The Morgan fingerprint density at radius 3 is 2.58 bits per heavy atom. The number of nitrogens with one attached hydrogen (secondary N) is 1. The molecule has 0 aliphatic carbocycles. The maximum absolute atomic E-state index is 12.0. The highest BCUT2D eigenvalue weighted by Gasteiger charge is 2.37. The molecule has 0 spiro atoms. The highest BCUT2D eigenvalue weighted by atomic mass is 19.4. The number of hydrogen-bond donors (Lipinski definition) is 2. The largest absolute Gasteiger partial charge is 0.480 e. The molecule has 1 rings (SSSR count). The van der Waals surface area contributed by atoms with Crippen LogP contribution in [0.4, 0.5) is 18.0 Å². The van der Waals surface area contributed by atoms with Gasteiger partial charge in [0.05, 0.1) is 6.42 Å². The molecule has 1 aliphatic heterocycles.